The molecule has 0 N–H and O–H groups in total. The summed E-state index contributed by atoms with van der Waals surface area (Å²) in [6.07, 6.45) is -7.11. The lowest BCUT2D eigenvalue weighted by molar-refractivity contribution is -0.288. The van der Waals surface area contributed by atoms with Crippen molar-refractivity contribution in [1.29, 1.82) is 0 Å². The fraction of sp³-hybridized carbons (Fsp3) is 0.500. The Morgan fingerprint density at radius 3 is 1.50 bits per heavy atom. The van der Waals surface area contributed by atoms with Crippen LogP contribution in [0.15, 0.2) is 18.2 Å². The van der Waals surface area contributed by atoms with Crippen molar-refractivity contribution in [3.05, 3.63) is 18.2 Å². The normalized spacial score (nSPS) is 22.3. The molecular weight excluding hydrogens is 512 g/mol. The zero-order valence-corrected chi connectivity index (χ0v) is 21.5. The van der Waals surface area contributed by atoms with Crippen LogP contribution in [-0.4, -0.2) is 73.1 Å². The molecule has 1 aliphatic rings. The third kappa shape index (κ3) is 9.35. The number of carbonyl (C=O) groups excluding carboxylic acids is 6. The molecule has 0 radical (unpaired) electrons. The number of hydrogen-bond acceptors (Lipinski definition) is 14. The lowest BCUT2D eigenvalue weighted by atomic mass is 9.98. The van der Waals surface area contributed by atoms with Crippen LogP contribution in [0.25, 0.3) is 0 Å². The molecule has 1 aromatic carbocycles. The summed E-state index contributed by atoms with van der Waals surface area (Å²) in [5.74, 6) is -4.66. The Labute approximate surface area is 217 Å². The van der Waals surface area contributed by atoms with Gasteiger partial charge in [0.1, 0.15) is 30.0 Å². The average molecular weight is 540 g/mol. The molecule has 38 heavy (non-hydrogen) atoms. The van der Waals surface area contributed by atoms with Crippen LogP contribution in [0.3, 0.4) is 0 Å². The van der Waals surface area contributed by atoms with Crippen LogP contribution in [0.2, 0.25) is 0 Å². The second-order valence-electron chi connectivity index (χ2n) is 8.01. The van der Waals surface area contributed by atoms with Gasteiger partial charge < -0.3 is 37.9 Å². The summed E-state index contributed by atoms with van der Waals surface area (Å²) in [6.45, 7) is 6.23. The van der Waals surface area contributed by atoms with Crippen molar-refractivity contribution in [1.82, 2.24) is 0 Å². The van der Waals surface area contributed by atoms with Gasteiger partial charge >= 0.3 is 35.8 Å². The second kappa shape index (κ2) is 13.4. The van der Waals surface area contributed by atoms with Crippen molar-refractivity contribution in [2.75, 3.05) is 6.61 Å². The molecule has 1 aliphatic heterocycles. The molecule has 0 aromatic heterocycles. The molecule has 1 heterocycles. The molecule has 0 bridgehead atoms. The zero-order valence-electron chi connectivity index (χ0n) is 21.5. The maximum atomic E-state index is 12.0. The maximum Gasteiger partial charge on any atom is 0.308 e. The van der Waals surface area contributed by atoms with E-state index >= 15 is 0 Å². The summed E-state index contributed by atoms with van der Waals surface area (Å²) in [7, 11) is 0. The van der Waals surface area contributed by atoms with E-state index in [0.29, 0.717) is 0 Å². The summed E-state index contributed by atoms with van der Waals surface area (Å²) < 4.78 is 42.8. The Balaban J connectivity index is 2.55. The molecule has 2 rings (SSSR count). The van der Waals surface area contributed by atoms with Crippen LogP contribution in [-0.2, 0) is 52.5 Å². The first-order valence-electron chi connectivity index (χ1n) is 11.2. The van der Waals surface area contributed by atoms with E-state index in [1.165, 1.54) is 18.2 Å². The van der Waals surface area contributed by atoms with E-state index in [1.54, 1.807) is 0 Å². The lowest BCUT2D eigenvalue weighted by Crippen LogP contribution is -2.63. The Bertz CT molecular complexity index is 1050. The summed E-state index contributed by atoms with van der Waals surface area (Å²) in [4.78, 5) is 70.1. The largest absolute Gasteiger partial charge is 0.463 e. The van der Waals surface area contributed by atoms with Gasteiger partial charge in [0.25, 0.3) is 0 Å². The third-order valence-electron chi connectivity index (χ3n) is 4.58. The molecule has 0 unspecified atom stereocenters. The number of hydrogen-bond donors (Lipinski definition) is 0. The van der Waals surface area contributed by atoms with Crippen molar-refractivity contribution in [2.24, 2.45) is 0 Å². The van der Waals surface area contributed by atoms with Crippen molar-refractivity contribution in [2.45, 2.75) is 72.2 Å². The molecule has 1 saturated heterocycles. The fourth-order valence-corrected chi connectivity index (χ4v) is 3.48. The smallest absolute Gasteiger partial charge is 0.308 e. The van der Waals surface area contributed by atoms with Crippen molar-refractivity contribution in [3.63, 3.8) is 0 Å². The molecule has 5 atom stereocenters. The van der Waals surface area contributed by atoms with Gasteiger partial charge in [-0.2, -0.15) is 0 Å². The SMILES string of the molecule is CC(=O)OC[C@H]1O[C@@H](Oc2cc(OC(C)=O)cc(OC(C)=O)c2)[C@H](OC(C)=O)[C@@H](OC(C)=O)[C@@H]1OC(C)=O. The predicted molar refractivity (Wildman–Crippen MR) is 122 cm³/mol. The quantitative estimate of drug-likeness (QED) is 0.246. The van der Waals surface area contributed by atoms with E-state index in [1.807, 2.05) is 0 Å². The summed E-state index contributed by atoms with van der Waals surface area (Å²) in [6, 6.07) is 3.76. The second-order valence-corrected chi connectivity index (χ2v) is 8.01. The highest BCUT2D eigenvalue weighted by molar-refractivity contribution is 5.72. The van der Waals surface area contributed by atoms with Gasteiger partial charge in [-0.15, -0.1) is 0 Å². The van der Waals surface area contributed by atoms with Gasteiger partial charge in [0, 0.05) is 59.7 Å². The van der Waals surface area contributed by atoms with Gasteiger partial charge in [0.05, 0.1) is 0 Å². The Kier molecular flexibility index (Phi) is 10.6. The van der Waals surface area contributed by atoms with Crippen molar-refractivity contribution in [3.8, 4) is 17.2 Å². The van der Waals surface area contributed by atoms with Crippen LogP contribution >= 0.6 is 0 Å². The molecule has 0 saturated carbocycles. The topological polar surface area (TPSA) is 176 Å². The summed E-state index contributed by atoms with van der Waals surface area (Å²) >= 11 is 0. The highest BCUT2D eigenvalue weighted by atomic mass is 16.7. The van der Waals surface area contributed by atoms with Gasteiger partial charge in [-0.1, -0.05) is 0 Å². The summed E-state index contributed by atoms with van der Waals surface area (Å²) in [5.41, 5.74) is 0. The van der Waals surface area contributed by atoms with Crippen LogP contribution in [0.4, 0.5) is 0 Å². The molecule has 14 nitrogen and oxygen atoms in total. The van der Waals surface area contributed by atoms with E-state index in [0.717, 1.165) is 41.5 Å². The minimum Gasteiger partial charge on any atom is -0.463 e. The first-order valence-corrected chi connectivity index (χ1v) is 11.2. The standard InChI is InChI=1S/C24H28O14/c1-11(25)31-10-20-21(34-14(4)28)22(35-15(5)29)23(36-16(6)30)24(38-20)37-19-8-17(32-12(2)26)7-18(9-19)33-13(3)27/h7-9,20-24H,10H2,1-6H3/t20-,21-,22+,23-,24-/m1/s1. The Morgan fingerprint density at radius 2 is 1.05 bits per heavy atom. The molecule has 1 aromatic rings. The molecule has 0 amide bonds. The number of esters is 6. The van der Waals surface area contributed by atoms with Crippen LogP contribution < -0.4 is 14.2 Å². The van der Waals surface area contributed by atoms with Crippen molar-refractivity contribution >= 4 is 35.8 Å². The lowest BCUT2D eigenvalue weighted by Gasteiger charge is -2.43. The van der Waals surface area contributed by atoms with E-state index in [4.69, 9.17) is 37.9 Å². The molecule has 14 heteroatoms. The minimum atomic E-state index is -1.55. The highest BCUT2D eigenvalue weighted by Gasteiger charge is 2.53. The Morgan fingerprint density at radius 1 is 0.605 bits per heavy atom. The van der Waals surface area contributed by atoms with Gasteiger partial charge in [-0.05, 0) is 0 Å². The molecule has 0 spiro atoms. The van der Waals surface area contributed by atoms with Crippen LogP contribution in [0.1, 0.15) is 41.5 Å². The van der Waals surface area contributed by atoms with Crippen molar-refractivity contribution < 1.29 is 66.7 Å². The van der Waals surface area contributed by atoms with Gasteiger partial charge in [0.15, 0.2) is 12.2 Å². The molecule has 0 aliphatic carbocycles. The van der Waals surface area contributed by atoms with Gasteiger partial charge in [-0.3, -0.25) is 28.8 Å². The first-order chi connectivity index (χ1) is 17.7. The zero-order chi connectivity index (χ0) is 28.6. The average Bonchev–Trinajstić information content (AvgIpc) is 2.74. The minimum absolute atomic E-state index is 0.0584. The first kappa shape index (κ1) is 30.0. The number of benzene rings is 1. The van der Waals surface area contributed by atoms with Crippen LogP contribution in [0.5, 0.6) is 17.2 Å². The number of rotatable bonds is 9. The maximum absolute atomic E-state index is 12.0. The predicted octanol–water partition coefficient (Wildman–Crippen LogP) is 0.999. The molecule has 208 valence electrons. The highest BCUT2D eigenvalue weighted by Crippen LogP contribution is 2.34. The van der Waals surface area contributed by atoms with E-state index < -0.39 is 73.1 Å². The number of carbonyl (C=O) groups is 6. The number of ether oxygens (including phenoxy) is 8. The molecular formula is C24H28O14. The van der Waals surface area contributed by atoms with E-state index in [9.17, 15) is 28.8 Å². The Hall–Kier alpha value is -4.20. The monoisotopic (exact) mass is 540 g/mol. The van der Waals surface area contributed by atoms with Gasteiger partial charge in [0.2, 0.25) is 12.4 Å². The van der Waals surface area contributed by atoms with E-state index in [-0.39, 0.29) is 17.2 Å². The molecule has 1 fully saturated rings. The van der Waals surface area contributed by atoms with E-state index in [2.05, 4.69) is 0 Å². The summed E-state index contributed by atoms with van der Waals surface area (Å²) in [5, 5.41) is 0. The third-order valence-corrected chi connectivity index (χ3v) is 4.58. The fourth-order valence-electron chi connectivity index (χ4n) is 3.48. The van der Waals surface area contributed by atoms with Gasteiger partial charge in [-0.25, -0.2) is 0 Å². The van der Waals surface area contributed by atoms with Crippen LogP contribution in [0, 0.1) is 0 Å².